The summed E-state index contributed by atoms with van der Waals surface area (Å²) in [6.45, 7) is 0. The van der Waals surface area contributed by atoms with E-state index in [4.69, 9.17) is 0 Å². The van der Waals surface area contributed by atoms with Crippen molar-refractivity contribution in [3.63, 3.8) is 0 Å². The summed E-state index contributed by atoms with van der Waals surface area (Å²) in [5, 5.41) is 0. The zero-order chi connectivity index (χ0) is 8.23. The summed E-state index contributed by atoms with van der Waals surface area (Å²) < 4.78 is 0. The van der Waals surface area contributed by atoms with Gasteiger partial charge in [0.25, 0.3) is 0 Å². The highest BCUT2D eigenvalue weighted by Crippen LogP contribution is 2.31. The van der Waals surface area contributed by atoms with Gasteiger partial charge in [-0.25, -0.2) is 0 Å². The Bertz CT molecular complexity index is 219. The zero-order valence-corrected chi connectivity index (χ0v) is 7.29. The molecule has 0 saturated heterocycles. The molecule has 0 atom stereocenters. The summed E-state index contributed by atoms with van der Waals surface area (Å²) in [7, 11) is 0. The Balaban J connectivity index is 2.08. The molecule has 1 aliphatic rings. The fraction of sp³-hybridized carbons (Fsp3) is 0.417. The van der Waals surface area contributed by atoms with Gasteiger partial charge in [0.2, 0.25) is 0 Å². The second-order valence-electron chi connectivity index (χ2n) is 3.48. The Morgan fingerprint density at radius 1 is 1.25 bits per heavy atom. The maximum absolute atomic E-state index is 3.15. The summed E-state index contributed by atoms with van der Waals surface area (Å²) in [5.41, 5.74) is 1.48. The fourth-order valence-electron chi connectivity index (χ4n) is 1.92. The molecule has 1 fully saturated rings. The minimum Gasteiger partial charge on any atom is -0.0614 e. The quantitative estimate of drug-likeness (QED) is 0.588. The summed E-state index contributed by atoms with van der Waals surface area (Å²) in [6, 6.07) is 11.6. The van der Waals surface area contributed by atoms with Crippen molar-refractivity contribution < 1.29 is 0 Å². The summed E-state index contributed by atoms with van der Waals surface area (Å²) in [6.07, 6.45) is 7.65. The van der Waals surface area contributed by atoms with Crippen LogP contribution in [0.1, 0.15) is 37.2 Å². The van der Waals surface area contributed by atoms with Gasteiger partial charge in [-0.3, -0.25) is 0 Å². The SMILES string of the molecule is [c]1cccc(C2CC[CH]CC2)c1. The van der Waals surface area contributed by atoms with Gasteiger partial charge >= 0.3 is 0 Å². The van der Waals surface area contributed by atoms with E-state index in [1.54, 1.807) is 0 Å². The largest absolute Gasteiger partial charge is 0.0614 e. The van der Waals surface area contributed by atoms with Gasteiger partial charge in [0, 0.05) is 0 Å². The van der Waals surface area contributed by atoms with E-state index in [1.165, 1.54) is 31.2 Å². The smallest absolute Gasteiger partial charge is 0.0162 e. The van der Waals surface area contributed by atoms with Gasteiger partial charge in [0.15, 0.2) is 0 Å². The van der Waals surface area contributed by atoms with Crippen LogP contribution < -0.4 is 0 Å². The highest BCUT2D eigenvalue weighted by atomic mass is 14.2. The van der Waals surface area contributed by atoms with Crippen molar-refractivity contribution in [1.29, 1.82) is 0 Å². The van der Waals surface area contributed by atoms with Crippen molar-refractivity contribution in [3.8, 4) is 0 Å². The van der Waals surface area contributed by atoms with Gasteiger partial charge in [-0.15, -0.1) is 0 Å². The predicted octanol–water partition coefficient (Wildman–Crippen LogP) is 3.35. The van der Waals surface area contributed by atoms with Crippen LogP contribution in [0.5, 0.6) is 0 Å². The van der Waals surface area contributed by atoms with Gasteiger partial charge < -0.3 is 0 Å². The van der Waals surface area contributed by atoms with Crippen molar-refractivity contribution in [3.05, 3.63) is 42.3 Å². The van der Waals surface area contributed by atoms with E-state index < -0.39 is 0 Å². The Morgan fingerprint density at radius 2 is 2.08 bits per heavy atom. The maximum Gasteiger partial charge on any atom is -0.0162 e. The minimum atomic E-state index is 0.799. The lowest BCUT2D eigenvalue weighted by Crippen LogP contribution is -2.04. The highest BCUT2D eigenvalue weighted by Gasteiger charge is 2.14. The third kappa shape index (κ3) is 1.69. The minimum absolute atomic E-state index is 0.799. The molecule has 0 nitrogen and oxygen atoms in total. The molecule has 2 rings (SSSR count). The van der Waals surface area contributed by atoms with E-state index in [-0.39, 0.29) is 0 Å². The third-order valence-electron chi connectivity index (χ3n) is 2.64. The average molecular weight is 158 g/mol. The molecule has 0 aromatic heterocycles. The van der Waals surface area contributed by atoms with Crippen LogP contribution in [-0.2, 0) is 0 Å². The molecule has 0 heterocycles. The van der Waals surface area contributed by atoms with Gasteiger partial charge in [0.1, 0.15) is 0 Å². The molecule has 1 aromatic rings. The van der Waals surface area contributed by atoms with Gasteiger partial charge in [0.05, 0.1) is 0 Å². The number of hydrogen-bond donors (Lipinski definition) is 0. The molecule has 12 heavy (non-hydrogen) atoms. The van der Waals surface area contributed by atoms with E-state index in [2.05, 4.69) is 30.7 Å². The van der Waals surface area contributed by atoms with Crippen LogP contribution in [0.25, 0.3) is 0 Å². The van der Waals surface area contributed by atoms with Crippen molar-refractivity contribution in [2.75, 3.05) is 0 Å². The van der Waals surface area contributed by atoms with Crippen molar-refractivity contribution in [2.24, 2.45) is 0 Å². The van der Waals surface area contributed by atoms with Crippen LogP contribution >= 0.6 is 0 Å². The Labute approximate surface area is 74.6 Å². The lowest BCUT2D eigenvalue weighted by atomic mass is 9.84. The molecule has 1 aromatic carbocycles. The van der Waals surface area contributed by atoms with E-state index >= 15 is 0 Å². The maximum atomic E-state index is 3.15. The second-order valence-corrected chi connectivity index (χ2v) is 3.48. The second kappa shape index (κ2) is 3.75. The molecule has 2 radical (unpaired) electrons. The first-order chi connectivity index (χ1) is 5.97. The molecule has 0 bridgehead atoms. The number of hydrogen-bond acceptors (Lipinski definition) is 0. The molecule has 62 valence electrons. The Kier molecular flexibility index (Phi) is 2.45. The van der Waals surface area contributed by atoms with Crippen molar-refractivity contribution in [2.45, 2.75) is 31.6 Å². The lowest BCUT2D eigenvalue weighted by Gasteiger charge is -2.21. The molecule has 1 aliphatic carbocycles. The van der Waals surface area contributed by atoms with Crippen molar-refractivity contribution >= 4 is 0 Å². The summed E-state index contributed by atoms with van der Waals surface area (Å²) in [5.74, 6) is 0.799. The van der Waals surface area contributed by atoms with E-state index in [0.29, 0.717) is 0 Å². The summed E-state index contributed by atoms with van der Waals surface area (Å²) >= 11 is 0. The van der Waals surface area contributed by atoms with Gasteiger partial charge in [-0.1, -0.05) is 24.3 Å². The first-order valence-electron chi connectivity index (χ1n) is 4.74. The van der Waals surface area contributed by atoms with Crippen LogP contribution in [0.15, 0.2) is 24.3 Å². The number of rotatable bonds is 1. The third-order valence-corrected chi connectivity index (χ3v) is 2.64. The van der Waals surface area contributed by atoms with Gasteiger partial charge in [-0.05, 0) is 49.7 Å². The standard InChI is InChI=1S/C12H14/c1-3-7-11(8-4-1)12-9-5-2-6-10-12/h1-3,7-8,12H,5-6,9-10H2. The first-order valence-corrected chi connectivity index (χ1v) is 4.74. The predicted molar refractivity (Wildman–Crippen MR) is 50.8 cm³/mol. The molecule has 0 spiro atoms. The highest BCUT2D eigenvalue weighted by molar-refractivity contribution is 5.19. The molecule has 1 saturated carbocycles. The summed E-state index contributed by atoms with van der Waals surface area (Å²) in [4.78, 5) is 0. The molecule has 0 unspecified atom stereocenters. The van der Waals surface area contributed by atoms with E-state index in [0.717, 1.165) is 5.92 Å². The van der Waals surface area contributed by atoms with Crippen LogP contribution in [0.4, 0.5) is 0 Å². The molecule has 0 heteroatoms. The van der Waals surface area contributed by atoms with E-state index in [1.807, 2.05) is 6.07 Å². The molecule has 0 amide bonds. The molecule has 0 N–H and O–H groups in total. The first kappa shape index (κ1) is 7.85. The van der Waals surface area contributed by atoms with Crippen molar-refractivity contribution in [1.82, 2.24) is 0 Å². The van der Waals surface area contributed by atoms with Gasteiger partial charge in [-0.2, -0.15) is 0 Å². The Morgan fingerprint density at radius 3 is 2.75 bits per heavy atom. The number of benzene rings is 1. The van der Waals surface area contributed by atoms with Crippen LogP contribution in [0, 0.1) is 12.5 Å². The lowest BCUT2D eigenvalue weighted by molar-refractivity contribution is 0.512. The van der Waals surface area contributed by atoms with Crippen LogP contribution in [-0.4, -0.2) is 0 Å². The van der Waals surface area contributed by atoms with E-state index in [9.17, 15) is 0 Å². The van der Waals surface area contributed by atoms with Crippen LogP contribution in [0.2, 0.25) is 0 Å². The topological polar surface area (TPSA) is 0 Å². The zero-order valence-electron chi connectivity index (χ0n) is 7.29. The normalized spacial score (nSPS) is 19.3. The molecular weight excluding hydrogens is 144 g/mol. The molecular formula is C12H14. The van der Waals surface area contributed by atoms with Crippen LogP contribution in [0.3, 0.4) is 0 Å². The molecule has 0 aliphatic heterocycles. The fourth-order valence-corrected chi connectivity index (χ4v) is 1.92. The monoisotopic (exact) mass is 158 g/mol. The Hall–Kier alpha value is -0.780. The average Bonchev–Trinajstić information content (AvgIpc) is 2.21.